The molecule has 0 fully saturated rings. The fourth-order valence-corrected chi connectivity index (χ4v) is 8.37. The minimum absolute atomic E-state index is 0.417. The minimum atomic E-state index is 0.417. The van der Waals surface area contributed by atoms with Crippen LogP contribution in [0.15, 0.2) is 206 Å². The summed E-state index contributed by atoms with van der Waals surface area (Å²) in [7, 11) is 0. The van der Waals surface area contributed by atoms with Crippen molar-refractivity contribution in [1.29, 1.82) is 0 Å². The van der Waals surface area contributed by atoms with E-state index >= 15 is 0 Å². The van der Waals surface area contributed by atoms with Crippen molar-refractivity contribution < 1.29 is 0 Å². The third-order valence-corrected chi connectivity index (χ3v) is 11.5. The Morgan fingerprint density at radius 2 is 0.800 bits per heavy atom. The molecule has 0 spiro atoms. The molecule has 65 heavy (non-hydrogen) atoms. The first-order valence-electron chi connectivity index (χ1n) is 21.1. The molecule has 8 aromatic carbocycles. The predicted molar refractivity (Wildman–Crippen MR) is 260 cm³/mol. The summed E-state index contributed by atoms with van der Waals surface area (Å²) in [6.07, 6.45) is 0. The highest BCUT2D eigenvalue weighted by atomic mass is 15.1. The number of hydrogen-bond acceptors (Lipinski definition) is 5. The average molecular weight is 831 g/mol. The largest absolute Gasteiger partial charge is 0.308 e. The minimum Gasteiger partial charge on any atom is -0.308 e. The van der Waals surface area contributed by atoms with Gasteiger partial charge in [0.1, 0.15) is 0 Å². The maximum absolute atomic E-state index is 7.75. The molecule has 0 radical (unpaired) electrons. The van der Waals surface area contributed by atoms with E-state index in [1.54, 1.807) is 6.07 Å². The molecular weight excluding hydrogens is 797 g/mol. The fourth-order valence-electron chi connectivity index (χ4n) is 8.37. The van der Waals surface area contributed by atoms with E-state index in [9.17, 15) is 0 Å². The maximum atomic E-state index is 7.75. The van der Waals surface area contributed by atoms with Gasteiger partial charge in [-0.15, -0.1) is 0 Å². The molecule has 0 aliphatic carbocycles. The van der Waals surface area contributed by atoms with E-state index in [2.05, 4.69) is 87.1 Å². The predicted octanol–water partition coefficient (Wildman–Crippen LogP) is 14.5. The zero-order valence-corrected chi connectivity index (χ0v) is 34.7. The third-order valence-electron chi connectivity index (χ3n) is 11.5. The van der Waals surface area contributed by atoms with Crippen LogP contribution in [0.1, 0.15) is 0 Å². The molecule has 8 nitrogen and oxygen atoms in total. The van der Waals surface area contributed by atoms with E-state index in [0.717, 1.165) is 83.4 Å². The Labute approximate surface area is 375 Å². The van der Waals surface area contributed by atoms with Crippen LogP contribution >= 0.6 is 0 Å². The van der Waals surface area contributed by atoms with Crippen molar-refractivity contribution in [2.75, 3.05) is 0 Å². The highest BCUT2D eigenvalue weighted by Gasteiger charge is 2.22. The Hall–Kier alpha value is -9.37. The number of nitrogens with zero attached hydrogens (tertiary/aromatic N) is 8. The van der Waals surface area contributed by atoms with Gasteiger partial charge in [-0.2, -0.15) is 0 Å². The Balaban J connectivity index is 1.21. The maximum Gasteiger partial charge on any atom is 0.177 e. The summed E-state index contributed by atoms with van der Waals surface area (Å²) in [5.74, 6) is 2.20. The highest BCUT2D eigenvalue weighted by molar-refractivity contribution is 6.11. The molecular formula is C57H34N8. The Morgan fingerprint density at radius 3 is 1.38 bits per heavy atom. The number of hydrogen-bond donors (Lipinski definition) is 0. The Kier molecular flexibility index (Phi) is 9.78. The van der Waals surface area contributed by atoms with Crippen molar-refractivity contribution in [3.05, 3.63) is 229 Å². The van der Waals surface area contributed by atoms with Gasteiger partial charge in [0.2, 0.25) is 0 Å². The van der Waals surface area contributed by atoms with Crippen LogP contribution in [-0.4, -0.2) is 29.5 Å². The molecule has 8 heteroatoms. The Morgan fingerprint density at radius 1 is 0.323 bits per heavy atom. The van der Waals surface area contributed by atoms with Gasteiger partial charge < -0.3 is 4.57 Å². The SMILES string of the molecule is [C-]#[N+]c1cc([N+]#[C-])cc(-c2ccc3c4ccccc4n(-c4ccc(-c5cc(-c6ccccc6)nc(-c6ccccc6)n5)cc4-c4nc(-c5ccccc5)nc(-c5ccccc5)n4)c3c2)c1. The number of benzene rings is 8. The van der Waals surface area contributed by atoms with Crippen molar-refractivity contribution in [2.45, 2.75) is 0 Å². The zero-order valence-electron chi connectivity index (χ0n) is 34.7. The van der Waals surface area contributed by atoms with E-state index in [-0.39, 0.29) is 0 Å². The van der Waals surface area contributed by atoms with Gasteiger partial charge in [0.05, 0.1) is 41.3 Å². The van der Waals surface area contributed by atoms with Crippen molar-refractivity contribution in [3.63, 3.8) is 0 Å². The normalized spacial score (nSPS) is 11.0. The van der Waals surface area contributed by atoms with Gasteiger partial charge in [0.15, 0.2) is 34.7 Å². The van der Waals surface area contributed by atoms with E-state index in [4.69, 9.17) is 38.1 Å². The van der Waals surface area contributed by atoms with Gasteiger partial charge in [-0.1, -0.05) is 176 Å². The van der Waals surface area contributed by atoms with E-state index < -0.39 is 0 Å². The molecule has 3 aromatic heterocycles. The topological polar surface area (TPSA) is 78.1 Å². The first-order valence-corrected chi connectivity index (χ1v) is 21.1. The standard InChI is InChI=1S/C57H34N8/c1-58-44-31-43(32-45(35-44)59-2)41-27-29-47-46-25-15-16-26-51(46)65(53(47)34-41)52-30-28-42(50-36-49(37-17-7-3-8-18-37)60-54(61-50)38-19-9-4-10-20-38)33-48(52)57-63-55(39-21-11-5-12-22-39)62-56(64-57)40-23-13-6-14-24-40/h3-36H. The lowest BCUT2D eigenvalue weighted by atomic mass is 10.0. The number of para-hydroxylation sites is 1. The monoisotopic (exact) mass is 830 g/mol. The second-order valence-electron chi connectivity index (χ2n) is 15.5. The molecule has 0 amide bonds. The van der Waals surface area contributed by atoms with E-state index in [0.29, 0.717) is 34.7 Å². The molecule has 11 aromatic rings. The van der Waals surface area contributed by atoms with Crippen LogP contribution < -0.4 is 0 Å². The lowest BCUT2D eigenvalue weighted by Gasteiger charge is -2.17. The van der Waals surface area contributed by atoms with Gasteiger partial charge in [0, 0.05) is 44.2 Å². The van der Waals surface area contributed by atoms with Crippen LogP contribution in [0.3, 0.4) is 0 Å². The quantitative estimate of drug-likeness (QED) is 0.143. The highest BCUT2D eigenvalue weighted by Crippen LogP contribution is 2.41. The first kappa shape index (κ1) is 38.5. The van der Waals surface area contributed by atoms with Crippen molar-refractivity contribution >= 4 is 33.2 Å². The smallest absolute Gasteiger partial charge is 0.177 e. The van der Waals surface area contributed by atoms with Gasteiger partial charge >= 0.3 is 0 Å². The lowest BCUT2D eigenvalue weighted by molar-refractivity contribution is 1.06. The molecule has 0 saturated carbocycles. The fraction of sp³-hybridized carbons (Fsp3) is 0. The molecule has 0 atom stereocenters. The van der Waals surface area contributed by atoms with Crippen LogP contribution in [0.2, 0.25) is 0 Å². The van der Waals surface area contributed by atoms with Crippen molar-refractivity contribution in [1.82, 2.24) is 29.5 Å². The van der Waals surface area contributed by atoms with Gasteiger partial charge in [0.25, 0.3) is 0 Å². The van der Waals surface area contributed by atoms with Crippen molar-refractivity contribution in [3.8, 4) is 84.9 Å². The molecule has 0 bridgehead atoms. The summed E-state index contributed by atoms with van der Waals surface area (Å²) in [6, 6.07) is 68.6. The van der Waals surface area contributed by atoms with Crippen LogP contribution in [-0.2, 0) is 0 Å². The molecule has 0 aliphatic heterocycles. The molecule has 11 rings (SSSR count). The van der Waals surface area contributed by atoms with Crippen LogP contribution in [0, 0.1) is 13.1 Å². The number of rotatable bonds is 8. The average Bonchev–Trinajstić information content (AvgIpc) is 3.72. The van der Waals surface area contributed by atoms with Crippen LogP contribution in [0.4, 0.5) is 11.4 Å². The lowest BCUT2D eigenvalue weighted by Crippen LogP contribution is -2.04. The molecule has 3 heterocycles. The molecule has 302 valence electrons. The molecule has 0 aliphatic rings. The molecule has 0 N–H and O–H groups in total. The summed E-state index contributed by atoms with van der Waals surface area (Å²) in [6.45, 7) is 15.5. The number of fused-ring (bicyclic) bond motifs is 3. The third kappa shape index (κ3) is 7.34. The summed E-state index contributed by atoms with van der Waals surface area (Å²) >= 11 is 0. The second-order valence-corrected chi connectivity index (χ2v) is 15.5. The van der Waals surface area contributed by atoms with Gasteiger partial charge in [-0.25, -0.2) is 34.6 Å². The summed E-state index contributed by atoms with van der Waals surface area (Å²) < 4.78 is 2.26. The van der Waals surface area contributed by atoms with Crippen molar-refractivity contribution in [2.24, 2.45) is 0 Å². The molecule has 0 unspecified atom stereocenters. The van der Waals surface area contributed by atoms with Gasteiger partial charge in [-0.3, -0.25) is 0 Å². The summed E-state index contributed by atoms with van der Waals surface area (Å²) in [4.78, 5) is 33.2. The van der Waals surface area contributed by atoms with Gasteiger partial charge in [-0.05, 0) is 41.5 Å². The van der Waals surface area contributed by atoms with Crippen LogP contribution in [0.25, 0.3) is 116 Å². The summed E-state index contributed by atoms with van der Waals surface area (Å²) in [5.41, 5.74) is 12.1. The zero-order chi connectivity index (χ0) is 43.7. The van der Waals surface area contributed by atoms with Crippen LogP contribution in [0.5, 0.6) is 0 Å². The molecule has 0 saturated heterocycles. The first-order chi connectivity index (χ1) is 32.1. The number of aromatic nitrogens is 6. The Bertz CT molecular complexity index is 3520. The summed E-state index contributed by atoms with van der Waals surface area (Å²) in [5, 5.41) is 2.12. The van der Waals surface area contributed by atoms with E-state index in [1.807, 2.05) is 127 Å². The second kappa shape index (κ2) is 16.5. The van der Waals surface area contributed by atoms with E-state index in [1.165, 1.54) is 0 Å².